The zero-order valence-electron chi connectivity index (χ0n) is 16.6. The molecule has 2 aromatic carbocycles. The molecule has 2 aromatic rings. The summed E-state index contributed by atoms with van der Waals surface area (Å²) in [6.45, 7) is 3.42. The third kappa shape index (κ3) is 2.86. The van der Waals surface area contributed by atoms with Crippen LogP contribution in [-0.4, -0.2) is 35.7 Å². The number of amidine groups is 1. The van der Waals surface area contributed by atoms with Gasteiger partial charge in [-0.3, -0.25) is 4.79 Å². The van der Waals surface area contributed by atoms with Crippen LogP contribution in [0.25, 0.3) is 5.57 Å². The second kappa shape index (κ2) is 7.08. The molecule has 0 saturated carbocycles. The van der Waals surface area contributed by atoms with Gasteiger partial charge >= 0.3 is 0 Å². The molecule has 6 rings (SSSR count). The van der Waals surface area contributed by atoms with Gasteiger partial charge in [-0.05, 0) is 46.9 Å². The van der Waals surface area contributed by atoms with Crippen molar-refractivity contribution in [2.24, 2.45) is 4.99 Å². The maximum Gasteiger partial charge on any atom is 0.286 e. The molecule has 0 N–H and O–H groups in total. The van der Waals surface area contributed by atoms with Gasteiger partial charge in [-0.1, -0.05) is 48.5 Å². The first-order valence-corrected chi connectivity index (χ1v) is 11.2. The zero-order valence-corrected chi connectivity index (χ0v) is 17.4. The van der Waals surface area contributed by atoms with E-state index in [9.17, 15) is 4.79 Å². The molecule has 1 amide bonds. The van der Waals surface area contributed by atoms with Crippen molar-refractivity contribution in [1.82, 2.24) is 4.90 Å². The molecule has 1 saturated heterocycles. The van der Waals surface area contributed by atoms with E-state index in [0.29, 0.717) is 24.7 Å². The van der Waals surface area contributed by atoms with Gasteiger partial charge in [0.25, 0.3) is 5.91 Å². The molecular weight excluding hydrogens is 396 g/mol. The van der Waals surface area contributed by atoms with Gasteiger partial charge in [0.1, 0.15) is 0 Å². The largest absolute Gasteiger partial charge is 0.372 e. The van der Waals surface area contributed by atoms with Crippen LogP contribution in [0.15, 0.2) is 58.4 Å². The molecule has 0 bridgehead atoms. The summed E-state index contributed by atoms with van der Waals surface area (Å²) in [7, 11) is 0. The Kier molecular flexibility index (Phi) is 4.33. The van der Waals surface area contributed by atoms with Crippen molar-refractivity contribution in [3.05, 3.63) is 75.7 Å². The fourth-order valence-electron chi connectivity index (χ4n) is 4.95. The minimum Gasteiger partial charge on any atom is -0.372 e. The van der Waals surface area contributed by atoms with Crippen molar-refractivity contribution in [2.45, 2.75) is 31.7 Å². The Labute approximate surface area is 179 Å². The molecule has 6 heteroatoms. The van der Waals surface area contributed by atoms with E-state index in [1.807, 2.05) is 12.1 Å². The molecule has 152 valence electrons. The van der Waals surface area contributed by atoms with E-state index in [2.05, 4.69) is 46.3 Å². The average Bonchev–Trinajstić information content (AvgIpc) is 3.35. The number of thioether (sulfide) groups is 1. The van der Waals surface area contributed by atoms with Gasteiger partial charge in [0.15, 0.2) is 5.17 Å². The molecule has 5 nitrogen and oxygen atoms in total. The van der Waals surface area contributed by atoms with Crippen LogP contribution in [0.5, 0.6) is 0 Å². The Morgan fingerprint density at radius 1 is 0.933 bits per heavy atom. The number of fused-ring (bicyclic) bond motifs is 3. The smallest absolute Gasteiger partial charge is 0.286 e. The quantitative estimate of drug-likeness (QED) is 0.604. The molecule has 4 aliphatic rings. The van der Waals surface area contributed by atoms with Crippen LogP contribution in [0.2, 0.25) is 0 Å². The average molecular weight is 419 g/mol. The summed E-state index contributed by atoms with van der Waals surface area (Å²) in [5, 5.41) is 0.812. The third-order valence-corrected chi connectivity index (χ3v) is 7.72. The fourth-order valence-corrected chi connectivity index (χ4v) is 6.00. The van der Waals surface area contributed by atoms with Crippen molar-refractivity contribution in [3.8, 4) is 0 Å². The molecule has 30 heavy (non-hydrogen) atoms. The molecule has 0 aromatic heterocycles. The molecule has 4 aliphatic heterocycles. The summed E-state index contributed by atoms with van der Waals surface area (Å²) in [6.07, 6.45) is 1.82. The summed E-state index contributed by atoms with van der Waals surface area (Å²) >= 11 is 1.50. The Hall–Kier alpha value is -2.41. The van der Waals surface area contributed by atoms with Gasteiger partial charge in [-0.15, -0.1) is 0 Å². The first kappa shape index (κ1) is 18.4. The van der Waals surface area contributed by atoms with E-state index in [4.69, 9.17) is 9.47 Å². The first-order valence-electron chi connectivity index (χ1n) is 10.4. The van der Waals surface area contributed by atoms with E-state index >= 15 is 0 Å². The van der Waals surface area contributed by atoms with Crippen LogP contribution < -0.4 is 0 Å². The van der Waals surface area contributed by atoms with E-state index in [0.717, 1.165) is 47.8 Å². The highest BCUT2D eigenvalue weighted by molar-refractivity contribution is 8.18. The molecule has 4 heterocycles. The van der Waals surface area contributed by atoms with Crippen molar-refractivity contribution < 1.29 is 14.3 Å². The van der Waals surface area contributed by atoms with Gasteiger partial charge in [-0.25, -0.2) is 0 Å². The first-order chi connectivity index (χ1) is 14.7. The lowest BCUT2D eigenvalue weighted by Crippen LogP contribution is -2.44. The Morgan fingerprint density at radius 2 is 1.70 bits per heavy atom. The van der Waals surface area contributed by atoms with Crippen molar-refractivity contribution >= 4 is 28.4 Å². The van der Waals surface area contributed by atoms with Crippen LogP contribution >= 0.6 is 11.8 Å². The number of hydrogen-bond donors (Lipinski definition) is 0. The van der Waals surface area contributed by atoms with E-state index < -0.39 is 0 Å². The van der Waals surface area contributed by atoms with E-state index in [1.54, 1.807) is 0 Å². The van der Waals surface area contributed by atoms with E-state index in [1.165, 1.54) is 22.9 Å². The Morgan fingerprint density at radius 3 is 2.57 bits per heavy atom. The van der Waals surface area contributed by atoms with Gasteiger partial charge in [0.2, 0.25) is 0 Å². The van der Waals surface area contributed by atoms with Crippen LogP contribution in [0.1, 0.15) is 35.1 Å². The number of carbonyl (C=O) groups is 1. The number of hydrogen-bond acceptors (Lipinski definition) is 5. The van der Waals surface area contributed by atoms with Gasteiger partial charge in [0.05, 0.1) is 30.3 Å². The second-order valence-corrected chi connectivity index (χ2v) is 9.16. The number of nitrogens with zero attached hydrogens (tertiary/aromatic N) is 2. The maximum absolute atomic E-state index is 12.8. The highest BCUT2D eigenvalue weighted by Crippen LogP contribution is 2.45. The van der Waals surface area contributed by atoms with Crippen LogP contribution in [0.4, 0.5) is 0 Å². The van der Waals surface area contributed by atoms with Gasteiger partial charge < -0.3 is 14.4 Å². The number of likely N-dealkylation sites (tertiary alicyclic amines) is 1. The standard InChI is InChI=1S/C24H22N2O3S/c27-22-21(19-15-28-13-16-5-1-3-7-18(16)19)30-23(25-22)26-11-9-24(10-12-26)20-8-4-2-6-17(20)14-29-24/h1-8H,9-15H2/b21-19-. The number of rotatable bonds is 0. The van der Waals surface area contributed by atoms with Crippen molar-refractivity contribution in [3.63, 3.8) is 0 Å². The third-order valence-electron chi connectivity index (χ3n) is 6.56. The highest BCUT2D eigenvalue weighted by atomic mass is 32.2. The van der Waals surface area contributed by atoms with Gasteiger partial charge in [-0.2, -0.15) is 4.99 Å². The Balaban J connectivity index is 1.22. The summed E-state index contributed by atoms with van der Waals surface area (Å²) in [4.78, 5) is 20.1. The number of benzene rings is 2. The van der Waals surface area contributed by atoms with Crippen molar-refractivity contribution in [1.29, 1.82) is 0 Å². The lowest BCUT2D eigenvalue weighted by atomic mass is 9.84. The lowest BCUT2D eigenvalue weighted by Gasteiger charge is -2.39. The molecule has 1 fully saturated rings. The minimum atomic E-state index is -0.182. The number of carbonyl (C=O) groups excluding carboxylic acids is 1. The summed E-state index contributed by atoms with van der Waals surface area (Å²) < 4.78 is 12.0. The van der Waals surface area contributed by atoms with Gasteiger partial charge in [0, 0.05) is 18.7 Å². The molecule has 0 aliphatic carbocycles. The van der Waals surface area contributed by atoms with Crippen LogP contribution in [-0.2, 0) is 33.1 Å². The molecule has 1 spiro atoms. The maximum atomic E-state index is 12.8. The minimum absolute atomic E-state index is 0.145. The predicted molar refractivity (Wildman–Crippen MR) is 117 cm³/mol. The summed E-state index contributed by atoms with van der Waals surface area (Å²) in [5.74, 6) is -0.145. The van der Waals surface area contributed by atoms with Crippen LogP contribution in [0.3, 0.4) is 0 Å². The number of amides is 1. The number of ether oxygens (including phenoxy) is 2. The lowest BCUT2D eigenvalue weighted by molar-refractivity contribution is -0.113. The van der Waals surface area contributed by atoms with Crippen molar-refractivity contribution in [2.75, 3.05) is 19.7 Å². The molecular formula is C24H22N2O3S. The molecule has 0 atom stereocenters. The normalized spacial score (nSPS) is 24.7. The predicted octanol–water partition coefficient (Wildman–Crippen LogP) is 4.08. The number of piperidine rings is 1. The van der Waals surface area contributed by atoms with E-state index in [-0.39, 0.29) is 11.5 Å². The highest BCUT2D eigenvalue weighted by Gasteiger charge is 2.43. The zero-order chi connectivity index (χ0) is 20.1. The fraction of sp³-hybridized carbons (Fsp3) is 0.333. The molecule has 0 unspecified atom stereocenters. The summed E-state index contributed by atoms with van der Waals surface area (Å²) in [6, 6.07) is 16.7. The number of aliphatic imine (C=N–C) groups is 1. The topological polar surface area (TPSA) is 51.1 Å². The Bertz CT molecular complexity index is 1100. The van der Waals surface area contributed by atoms with Crippen LogP contribution in [0, 0.1) is 0 Å². The second-order valence-electron chi connectivity index (χ2n) is 8.19. The summed E-state index contributed by atoms with van der Waals surface area (Å²) in [5.41, 5.74) is 5.66. The monoisotopic (exact) mass is 418 g/mol. The SMILES string of the molecule is O=C1N=C(N2CCC3(CC2)OCc2ccccc23)S/C1=C1/COCc2ccccc21. The molecule has 0 radical (unpaired) electrons.